The number of amides is 2. The third-order valence-electron chi connectivity index (χ3n) is 3.51. The average Bonchev–Trinajstić information content (AvgIpc) is 3.03. The fourth-order valence-corrected chi connectivity index (χ4v) is 2.79. The first-order valence-corrected chi connectivity index (χ1v) is 8.51. The van der Waals surface area contributed by atoms with Crippen LogP contribution in [0.4, 0.5) is 10.5 Å². The topological polar surface area (TPSA) is 58.4 Å². The molecule has 0 fully saturated rings. The van der Waals surface area contributed by atoms with Gasteiger partial charge in [-0.25, -0.2) is 10.2 Å². The third kappa shape index (κ3) is 4.58. The number of benzene rings is 2. The van der Waals surface area contributed by atoms with Crippen molar-refractivity contribution in [3.05, 3.63) is 82.6 Å². The average molecular weight is 397 g/mol. The van der Waals surface area contributed by atoms with Crippen LogP contribution in [-0.4, -0.2) is 16.8 Å². The molecule has 0 bridgehead atoms. The number of hydrogen-bond acceptors (Lipinski definition) is 2. The zero-order chi connectivity index (χ0) is 17.6. The highest BCUT2D eigenvalue weighted by Crippen LogP contribution is 2.17. The lowest BCUT2D eigenvalue weighted by molar-refractivity contribution is 0.252. The molecular formula is C19H17BrN4O. The van der Waals surface area contributed by atoms with E-state index in [9.17, 15) is 4.79 Å². The molecule has 6 heteroatoms. The predicted octanol–water partition coefficient (Wildman–Crippen LogP) is 4.70. The van der Waals surface area contributed by atoms with Crippen molar-refractivity contribution in [2.24, 2.45) is 5.10 Å². The summed E-state index contributed by atoms with van der Waals surface area (Å²) in [5, 5.41) is 6.76. The summed E-state index contributed by atoms with van der Waals surface area (Å²) >= 11 is 3.47. The van der Waals surface area contributed by atoms with Gasteiger partial charge in [0.15, 0.2) is 0 Å². The molecular weight excluding hydrogens is 380 g/mol. The molecule has 0 radical (unpaired) electrons. The number of hydrazone groups is 1. The number of aryl methyl sites for hydroxylation is 1. The molecule has 0 saturated carbocycles. The van der Waals surface area contributed by atoms with Gasteiger partial charge in [-0.05, 0) is 55.0 Å². The molecule has 3 aromatic rings. The van der Waals surface area contributed by atoms with Crippen molar-refractivity contribution in [2.45, 2.75) is 6.92 Å². The number of halogens is 1. The Morgan fingerprint density at radius 1 is 1.12 bits per heavy atom. The number of rotatable bonds is 4. The summed E-state index contributed by atoms with van der Waals surface area (Å²) in [6, 6.07) is 19.0. The first-order valence-electron chi connectivity index (χ1n) is 7.72. The highest BCUT2D eigenvalue weighted by atomic mass is 79.9. The van der Waals surface area contributed by atoms with E-state index in [1.165, 1.54) is 0 Å². The number of nitrogens with one attached hydrogen (secondary N) is 2. The molecule has 2 amide bonds. The molecule has 0 aliphatic rings. The lowest BCUT2D eigenvalue weighted by Crippen LogP contribution is -2.24. The largest absolute Gasteiger partial charge is 0.339 e. The van der Waals surface area contributed by atoms with Gasteiger partial charge in [0.2, 0.25) is 0 Å². The SMILES string of the molecule is Cc1cccc(NC(=O)N/N=C/c2cccn2-c2cccc(Br)c2)c1. The second kappa shape index (κ2) is 7.81. The highest BCUT2D eigenvalue weighted by Gasteiger charge is 2.03. The van der Waals surface area contributed by atoms with Crippen molar-refractivity contribution in [3.8, 4) is 5.69 Å². The molecule has 25 heavy (non-hydrogen) atoms. The van der Waals surface area contributed by atoms with Crippen LogP contribution in [0.5, 0.6) is 0 Å². The van der Waals surface area contributed by atoms with Crippen LogP contribution in [0.15, 0.2) is 76.4 Å². The van der Waals surface area contributed by atoms with Crippen molar-refractivity contribution >= 4 is 33.9 Å². The van der Waals surface area contributed by atoms with Crippen molar-refractivity contribution in [1.82, 2.24) is 9.99 Å². The Morgan fingerprint density at radius 2 is 1.96 bits per heavy atom. The number of carbonyl (C=O) groups excluding carboxylic acids is 1. The van der Waals surface area contributed by atoms with E-state index in [-0.39, 0.29) is 6.03 Å². The first-order chi connectivity index (χ1) is 12.1. The third-order valence-corrected chi connectivity index (χ3v) is 4.00. The highest BCUT2D eigenvalue weighted by molar-refractivity contribution is 9.10. The van der Waals surface area contributed by atoms with E-state index in [1.54, 1.807) is 6.21 Å². The van der Waals surface area contributed by atoms with Crippen LogP contribution >= 0.6 is 15.9 Å². The Labute approximate surface area is 154 Å². The summed E-state index contributed by atoms with van der Waals surface area (Å²) in [6.07, 6.45) is 3.55. The number of nitrogens with zero attached hydrogens (tertiary/aromatic N) is 2. The monoisotopic (exact) mass is 396 g/mol. The Balaban J connectivity index is 1.65. The van der Waals surface area contributed by atoms with Gasteiger partial charge in [0, 0.05) is 22.0 Å². The molecule has 0 unspecified atom stereocenters. The van der Waals surface area contributed by atoms with Crippen LogP contribution in [0.1, 0.15) is 11.3 Å². The molecule has 0 aliphatic heterocycles. The van der Waals surface area contributed by atoms with Crippen LogP contribution in [0.3, 0.4) is 0 Å². The molecule has 0 saturated heterocycles. The van der Waals surface area contributed by atoms with Crippen LogP contribution < -0.4 is 10.7 Å². The quantitative estimate of drug-likeness (QED) is 0.487. The van der Waals surface area contributed by atoms with Gasteiger partial charge in [0.1, 0.15) is 0 Å². The maximum Gasteiger partial charge on any atom is 0.339 e. The molecule has 0 spiro atoms. The van der Waals surface area contributed by atoms with E-state index in [2.05, 4.69) is 31.8 Å². The summed E-state index contributed by atoms with van der Waals surface area (Å²) in [4.78, 5) is 11.9. The molecule has 0 aliphatic carbocycles. The second-order valence-corrected chi connectivity index (χ2v) is 6.39. The predicted molar refractivity (Wildman–Crippen MR) is 104 cm³/mol. The van der Waals surface area contributed by atoms with Gasteiger partial charge in [0.05, 0.1) is 11.9 Å². The number of urea groups is 1. The lowest BCUT2D eigenvalue weighted by atomic mass is 10.2. The van der Waals surface area contributed by atoms with Crippen LogP contribution in [-0.2, 0) is 0 Å². The number of carbonyl (C=O) groups is 1. The van der Waals surface area contributed by atoms with Crippen LogP contribution in [0.2, 0.25) is 0 Å². The molecule has 2 N–H and O–H groups in total. The molecule has 5 nitrogen and oxygen atoms in total. The zero-order valence-corrected chi connectivity index (χ0v) is 15.2. The number of anilines is 1. The Morgan fingerprint density at radius 3 is 2.76 bits per heavy atom. The maximum atomic E-state index is 11.9. The molecule has 1 heterocycles. The van der Waals surface area contributed by atoms with Crippen molar-refractivity contribution in [3.63, 3.8) is 0 Å². The van der Waals surface area contributed by atoms with E-state index in [0.717, 1.165) is 27.1 Å². The molecule has 1 aromatic heterocycles. The van der Waals surface area contributed by atoms with Crippen LogP contribution in [0.25, 0.3) is 5.69 Å². The van der Waals surface area contributed by atoms with Gasteiger partial charge in [-0.2, -0.15) is 5.10 Å². The first kappa shape index (κ1) is 17.0. The summed E-state index contributed by atoms with van der Waals surface area (Å²) in [6.45, 7) is 1.97. The minimum Gasteiger partial charge on any atom is -0.316 e. The van der Waals surface area contributed by atoms with Gasteiger partial charge in [0.25, 0.3) is 0 Å². The van der Waals surface area contributed by atoms with Gasteiger partial charge in [-0.3, -0.25) is 0 Å². The smallest absolute Gasteiger partial charge is 0.316 e. The number of aromatic nitrogens is 1. The Kier molecular flexibility index (Phi) is 5.30. The molecule has 3 rings (SSSR count). The molecule has 0 atom stereocenters. The standard InChI is InChI=1S/C19H17BrN4O/c1-14-5-2-7-16(11-14)22-19(25)23-21-13-18-9-4-10-24(18)17-8-3-6-15(20)12-17/h2-13H,1H3,(H2,22,23,25)/b21-13+. The summed E-state index contributed by atoms with van der Waals surface area (Å²) < 4.78 is 2.98. The number of hydrogen-bond donors (Lipinski definition) is 2. The minimum absolute atomic E-state index is 0.387. The summed E-state index contributed by atoms with van der Waals surface area (Å²) in [5.74, 6) is 0. The van der Waals surface area contributed by atoms with Crippen molar-refractivity contribution in [2.75, 3.05) is 5.32 Å². The Hall–Kier alpha value is -2.86. The van der Waals surface area contributed by atoms with Gasteiger partial charge in [-0.15, -0.1) is 0 Å². The maximum absolute atomic E-state index is 11.9. The van der Waals surface area contributed by atoms with E-state index >= 15 is 0 Å². The minimum atomic E-state index is -0.387. The van der Waals surface area contributed by atoms with Gasteiger partial charge in [-0.1, -0.05) is 34.1 Å². The van der Waals surface area contributed by atoms with Crippen LogP contribution in [0, 0.1) is 6.92 Å². The lowest BCUT2D eigenvalue weighted by Gasteiger charge is -2.07. The molecule has 126 valence electrons. The van der Waals surface area contributed by atoms with Crippen molar-refractivity contribution < 1.29 is 4.79 Å². The van der Waals surface area contributed by atoms with E-state index in [0.29, 0.717) is 0 Å². The van der Waals surface area contributed by atoms with E-state index < -0.39 is 0 Å². The van der Waals surface area contributed by atoms with Gasteiger partial charge >= 0.3 is 6.03 Å². The van der Waals surface area contributed by atoms with E-state index in [4.69, 9.17) is 0 Å². The second-order valence-electron chi connectivity index (χ2n) is 5.48. The normalized spacial score (nSPS) is 10.8. The Bertz CT molecular complexity index is 917. The van der Waals surface area contributed by atoms with E-state index in [1.807, 2.05) is 78.4 Å². The summed E-state index contributed by atoms with van der Waals surface area (Å²) in [5.41, 5.74) is 6.14. The summed E-state index contributed by atoms with van der Waals surface area (Å²) in [7, 11) is 0. The fourth-order valence-electron chi connectivity index (χ4n) is 2.40. The van der Waals surface area contributed by atoms with Gasteiger partial charge < -0.3 is 9.88 Å². The fraction of sp³-hybridized carbons (Fsp3) is 0.0526. The van der Waals surface area contributed by atoms with Crippen molar-refractivity contribution in [1.29, 1.82) is 0 Å². The zero-order valence-electron chi connectivity index (χ0n) is 13.6. The molecule has 2 aromatic carbocycles.